The second-order valence-corrected chi connectivity index (χ2v) is 7.97. The number of amides is 2. The smallest absolute Gasteiger partial charge is 0.410 e. The molecule has 25 heavy (non-hydrogen) atoms. The molecule has 0 saturated carbocycles. The molecule has 0 bridgehead atoms. The fourth-order valence-electron chi connectivity index (χ4n) is 3.69. The van der Waals surface area contributed by atoms with Gasteiger partial charge in [-0.05, 0) is 76.5 Å². The van der Waals surface area contributed by atoms with Gasteiger partial charge in [-0.1, -0.05) is 12.1 Å². The van der Waals surface area contributed by atoms with Gasteiger partial charge in [-0.2, -0.15) is 0 Å². The lowest BCUT2D eigenvalue weighted by Crippen LogP contribution is -2.45. The Hall–Kier alpha value is -2.04. The second-order valence-electron chi connectivity index (χ2n) is 7.97. The van der Waals surface area contributed by atoms with Gasteiger partial charge in [-0.3, -0.25) is 9.69 Å². The molecule has 1 atom stereocenters. The van der Waals surface area contributed by atoms with Gasteiger partial charge in [0, 0.05) is 12.2 Å². The van der Waals surface area contributed by atoms with Gasteiger partial charge >= 0.3 is 6.09 Å². The summed E-state index contributed by atoms with van der Waals surface area (Å²) in [5.41, 5.74) is 2.93. The van der Waals surface area contributed by atoms with Crippen LogP contribution in [0.5, 0.6) is 0 Å². The lowest BCUT2D eigenvalue weighted by Gasteiger charge is -2.28. The summed E-state index contributed by atoms with van der Waals surface area (Å²) in [5.74, 6) is -0.109. The second kappa shape index (κ2) is 7.06. The molecule has 1 aliphatic heterocycles. The monoisotopic (exact) mass is 344 g/mol. The molecule has 136 valence electrons. The first-order chi connectivity index (χ1) is 11.8. The molecule has 0 spiro atoms. The van der Waals surface area contributed by atoms with Crippen LogP contribution in [0.4, 0.5) is 10.5 Å². The molecular formula is C20H28N2O3. The van der Waals surface area contributed by atoms with Gasteiger partial charge in [0.25, 0.3) is 0 Å². The van der Waals surface area contributed by atoms with Gasteiger partial charge in [0.1, 0.15) is 11.6 Å². The fraction of sp³-hybridized carbons (Fsp3) is 0.600. The SMILES string of the molecule is CC(C)(C)OC(=O)N1CCC[C@H]1C(=O)Nc1cccc2c1CCCC2. The highest BCUT2D eigenvalue weighted by Crippen LogP contribution is 2.29. The average molecular weight is 344 g/mol. The lowest BCUT2D eigenvalue weighted by molar-refractivity contribution is -0.120. The van der Waals surface area contributed by atoms with Crippen molar-refractivity contribution in [3.63, 3.8) is 0 Å². The first-order valence-electron chi connectivity index (χ1n) is 9.26. The molecular weight excluding hydrogens is 316 g/mol. The Balaban J connectivity index is 1.71. The van der Waals surface area contributed by atoms with Crippen LogP contribution >= 0.6 is 0 Å². The molecule has 2 amide bonds. The number of aryl methyl sites for hydroxylation is 1. The largest absolute Gasteiger partial charge is 0.444 e. The maximum atomic E-state index is 12.8. The Kier molecular flexibility index (Phi) is 5.02. The van der Waals surface area contributed by atoms with E-state index in [9.17, 15) is 9.59 Å². The Bertz CT molecular complexity index is 663. The third-order valence-corrected chi connectivity index (χ3v) is 4.84. The zero-order valence-electron chi connectivity index (χ0n) is 15.4. The summed E-state index contributed by atoms with van der Waals surface area (Å²) < 4.78 is 5.45. The minimum atomic E-state index is -0.556. The number of hydrogen-bond donors (Lipinski definition) is 1. The van der Waals surface area contributed by atoms with E-state index in [2.05, 4.69) is 11.4 Å². The van der Waals surface area contributed by atoms with E-state index in [0.29, 0.717) is 13.0 Å². The number of carbonyl (C=O) groups is 2. The fourth-order valence-corrected chi connectivity index (χ4v) is 3.69. The molecule has 1 saturated heterocycles. The first-order valence-corrected chi connectivity index (χ1v) is 9.26. The number of hydrogen-bond acceptors (Lipinski definition) is 3. The molecule has 1 aromatic carbocycles. The van der Waals surface area contributed by atoms with Crippen LogP contribution in [0.1, 0.15) is 57.6 Å². The van der Waals surface area contributed by atoms with E-state index in [1.165, 1.54) is 17.5 Å². The van der Waals surface area contributed by atoms with Crippen LogP contribution in [0.2, 0.25) is 0 Å². The van der Waals surface area contributed by atoms with Gasteiger partial charge in [0.05, 0.1) is 0 Å². The minimum absolute atomic E-state index is 0.109. The highest BCUT2D eigenvalue weighted by Gasteiger charge is 2.36. The van der Waals surface area contributed by atoms with E-state index >= 15 is 0 Å². The van der Waals surface area contributed by atoms with Crippen LogP contribution in [0.25, 0.3) is 0 Å². The number of fused-ring (bicyclic) bond motifs is 1. The zero-order valence-corrected chi connectivity index (χ0v) is 15.4. The van der Waals surface area contributed by atoms with E-state index in [-0.39, 0.29) is 5.91 Å². The molecule has 0 unspecified atom stereocenters. The number of rotatable bonds is 2. The van der Waals surface area contributed by atoms with Crippen molar-refractivity contribution in [2.24, 2.45) is 0 Å². The number of nitrogens with zero attached hydrogens (tertiary/aromatic N) is 1. The molecule has 5 heteroatoms. The third kappa shape index (κ3) is 4.14. The van der Waals surface area contributed by atoms with Crippen LogP contribution in [-0.2, 0) is 22.4 Å². The predicted octanol–water partition coefficient (Wildman–Crippen LogP) is 3.90. The van der Waals surface area contributed by atoms with Crippen molar-refractivity contribution in [3.8, 4) is 0 Å². The molecule has 1 heterocycles. The van der Waals surface area contributed by atoms with E-state index in [1.54, 1.807) is 4.90 Å². The summed E-state index contributed by atoms with van der Waals surface area (Å²) in [6, 6.07) is 5.66. The number of likely N-dealkylation sites (tertiary alicyclic amines) is 1. The van der Waals surface area contributed by atoms with Crippen molar-refractivity contribution in [1.82, 2.24) is 4.90 Å². The average Bonchev–Trinajstić information content (AvgIpc) is 3.03. The quantitative estimate of drug-likeness (QED) is 0.885. The molecule has 2 aliphatic rings. The molecule has 1 N–H and O–H groups in total. The summed E-state index contributed by atoms with van der Waals surface area (Å²) in [6.07, 6.45) is 5.55. The number of carbonyl (C=O) groups excluding carboxylic acids is 2. The minimum Gasteiger partial charge on any atom is -0.444 e. The van der Waals surface area contributed by atoms with E-state index < -0.39 is 17.7 Å². The molecule has 1 aliphatic carbocycles. The molecule has 1 aromatic rings. The van der Waals surface area contributed by atoms with Gasteiger partial charge in [0.2, 0.25) is 5.91 Å². The molecule has 5 nitrogen and oxygen atoms in total. The number of ether oxygens (including phenoxy) is 1. The van der Waals surface area contributed by atoms with E-state index in [0.717, 1.165) is 31.4 Å². The standard InChI is InChI=1S/C20H28N2O3/c1-20(2,3)25-19(24)22-13-7-12-17(22)18(23)21-16-11-6-9-14-8-4-5-10-15(14)16/h6,9,11,17H,4-5,7-8,10,12-13H2,1-3H3,(H,21,23)/t17-/m0/s1. The van der Waals surface area contributed by atoms with Crippen molar-refractivity contribution < 1.29 is 14.3 Å². The summed E-state index contributed by atoms with van der Waals surface area (Å²) in [6.45, 7) is 6.09. The maximum Gasteiger partial charge on any atom is 0.410 e. The Labute approximate surface area is 149 Å². The topological polar surface area (TPSA) is 58.6 Å². The van der Waals surface area contributed by atoms with Gasteiger partial charge in [-0.25, -0.2) is 4.79 Å². The Morgan fingerprint density at radius 2 is 1.92 bits per heavy atom. The highest BCUT2D eigenvalue weighted by molar-refractivity contribution is 5.97. The number of benzene rings is 1. The zero-order chi connectivity index (χ0) is 18.0. The summed E-state index contributed by atoms with van der Waals surface area (Å²) in [5, 5.41) is 3.07. The van der Waals surface area contributed by atoms with Crippen molar-refractivity contribution in [2.45, 2.75) is 70.9 Å². The van der Waals surface area contributed by atoms with Crippen molar-refractivity contribution in [3.05, 3.63) is 29.3 Å². The van der Waals surface area contributed by atoms with E-state index in [4.69, 9.17) is 4.74 Å². The predicted molar refractivity (Wildman–Crippen MR) is 97.7 cm³/mol. The van der Waals surface area contributed by atoms with Crippen molar-refractivity contribution >= 4 is 17.7 Å². The number of nitrogens with one attached hydrogen (secondary N) is 1. The normalized spacial score (nSPS) is 20.1. The molecule has 3 rings (SSSR count). The number of anilines is 1. The van der Waals surface area contributed by atoms with Crippen LogP contribution in [0, 0.1) is 0 Å². The first kappa shape index (κ1) is 17.8. The maximum absolute atomic E-state index is 12.8. The van der Waals surface area contributed by atoms with Crippen molar-refractivity contribution in [2.75, 3.05) is 11.9 Å². The van der Waals surface area contributed by atoms with Crippen LogP contribution in [-0.4, -0.2) is 35.1 Å². The Morgan fingerprint density at radius 3 is 2.68 bits per heavy atom. The van der Waals surface area contributed by atoms with Crippen LogP contribution < -0.4 is 5.32 Å². The summed E-state index contributed by atoms with van der Waals surface area (Å²) >= 11 is 0. The molecule has 1 fully saturated rings. The van der Waals surface area contributed by atoms with Gasteiger partial charge < -0.3 is 10.1 Å². The van der Waals surface area contributed by atoms with Crippen molar-refractivity contribution in [1.29, 1.82) is 0 Å². The highest BCUT2D eigenvalue weighted by atomic mass is 16.6. The van der Waals surface area contributed by atoms with Crippen LogP contribution in [0.15, 0.2) is 18.2 Å². The lowest BCUT2D eigenvalue weighted by atomic mass is 9.90. The molecule has 0 radical (unpaired) electrons. The van der Waals surface area contributed by atoms with E-state index in [1.807, 2.05) is 32.9 Å². The third-order valence-electron chi connectivity index (χ3n) is 4.84. The van der Waals surface area contributed by atoms with Gasteiger partial charge in [0.15, 0.2) is 0 Å². The van der Waals surface area contributed by atoms with Gasteiger partial charge in [-0.15, -0.1) is 0 Å². The molecule has 0 aromatic heterocycles. The summed E-state index contributed by atoms with van der Waals surface area (Å²) in [4.78, 5) is 26.8. The Morgan fingerprint density at radius 1 is 1.16 bits per heavy atom. The van der Waals surface area contributed by atoms with Crippen LogP contribution in [0.3, 0.4) is 0 Å². The summed E-state index contributed by atoms with van der Waals surface area (Å²) in [7, 11) is 0.